The van der Waals surface area contributed by atoms with E-state index in [9.17, 15) is 9.59 Å². The van der Waals surface area contributed by atoms with Crippen LogP contribution in [0.4, 0.5) is 0 Å². The molecule has 0 aromatic carbocycles. The van der Waals surface area contributed by atoms with Gasteiger partial charge in [0.2, 0.25) is 11.8 Å². The number of carbonyl (C=O) groups is 2. The summed E-state index contributed by atoms with van der Waals surface area (Å²) in [6.07, 6.45) is 1.81. The quantitative estimate of drug-likeness (QED) is 0.814. The van der Waals surface area contributed by atoms with Gasteiger partial charge >= 0.3 is 0 Å². The molecule has 1 aromatic rings. The lowest BCUT2D eigenvalue weighted by Gasteiger charge is -2.25. The van der Waals surface area contributed by atoms with Crippen molar-refractivity contribution in [3.8, 4) is 0 Å². The van der Waals surface area contributed by atoms with E-state index in [0.29, 0.717) is 6.54 Å². The third-order valence-electron chi connectivity index (χ3n) is 3.21. The van der Waals surface area contributed by atoms with Gasteiger partial charge in [-0.05, 0) is 33.3 Å². The summed E-state index contributed by atoms with van der Waals surface area (Å²) in [6.45, 7) is 8.14. The predicted octanol–water partition coefficient (Wildman–Crippen LogP) is 1.17. The highest BCUT2D eigenvalue weighted by atomic mass is 16.2. The van der Waals surface area contributed by atoms with E-state index in [1.165, 1.54) is 4.90 Å². The van der Waals surface area contributed by atoms with Gasteiger partial charge in [0.15, 0.2) is 0 Å². The van der Waals surface area contributed by atoms with Crippen LogP contribution in [0.5, 0.6) is 0 Å². The smallest absolute Gasteiger partial charge is 0.247 e. The lowest BCUT2D eigenvalue weighted by atomic mass is 10.2. The molecule has 2 N–H and O–H groups in total. The Morgan fingerprint density at radius 2 is 2.10 bits per heavy atom. The lowest BCUT2D eigenvalue weighted by Crippen LogP contribution is -2.42. The van der Waals surface area contributed by atoms with Gasteiger partial charge in [0, 0.05) is 12.2 Å². The highest BCUT2D eigenvalue weighted by molar-refractivity contribution is 5.85. The predicted molar refractivity (Wildman–Crippen MR) is 77.1 cm³/mol. The van der Waals surface area contributed by atoms with Gasteiger partial charge in [-0.2, -0.15) is 5.10 Å². The Morgan fingerprint density at radius 1 is 1.45 bits per heavy atom. The topological polar surface area (TPSA) is 81.2 Å². The summed E-state index contributed by atoms with van der Waals surface area (Å²) in [4.78, 5) is 25.1. The molecule has 2 amide bonds. The molecule has 0 fully saturated rings. The van der Waals surface area contributed by atoms with Crippen LogP contribution in [-0.4, -0.2) is 39.6 Å². The zero-order valence-electron chi connectivity index (χ0n) is 12.7. The van der Waals surface area contributed by atoms with Crippen molar-refractivity contribution < 1.29 is 9.59 Å². The SMILES string of the molecule is CCCCN(CC(N)=O)C(=O)C(C)n1nc(C)cc1C. The van der Waals surface area contributed by atoms with Crippen LogP contribution in [0.25, 0.3) is 0 Å². The van der Waals surface area contributed by atoms with Gasteiger partial charge in [-0.15, -0.1) is 0 Å². The number of aryl methyl sites for hydroxylation is 2. The van der Waals surface area contributed by atoms with Crippen molar-refractivity contribution in [2.45, 2.75) is 46.6 Å². The first-order valence-electron chi connectivity index (χ1n) is 6.96. The first-order chi connectivity index (χ1) is 9.36. The molecule has 6 nitrogen and oxygen atoms in total. The van der Waals surface area contributed by atoms with Crippen LogP contribution in [0.1, 0.15) is 44.1 Å². The standard InChI is InChI=1S/C14H24N4O2/c1-5-6-7-17(9-13(15)19)14(20)12(4)18-11(3)8-10(2)16-18/h8,12H,5-7,9H2,1-4H3,(H2,15,19). The highest BCUT2D eigenvalue weighted by Crippen LogP contribution is 2.14. The third-order valence-corrected chi connectivity index (χ3v) is 3.21. The summed E-state index contributed by atoms with van der Waals surface area (Å²) in [5.74, 6) is -0.613. The van der Waals surface area contributed by atoms with Gasteiger partial charge in [0.1, 0.15) is 6.04 Å². The van der Waals surface area contributed by atoms with Crippen LogP contribution in [0.3, 0.4) is 0 Å². The Hall–Kier alpha value is -1.85. The zero-order valence-corrected chi connectivity index (χ0v) is 12.7. The van der Waals surface area contributed by atoms with Crippen LogP contribution < -0.4 is 5.73 Å². The van der Waals surface area contributed by atoms with Crippen molar-refractivity contribution in [2.24, 2.45) is 5.73 Å². The van der Waals surface area contributed by atoms with Gasteiger partial charge < -0.3 is 10.6 Å². The number of primary amides is 1. The van der Waals surface area contributed by atoms with Crippen LogP contribution in [-0.2, 0) is 9.59 Å². The van der Waals surface area contributed by atoms with E-state index >= 15 is 0 Å². The summed E-state index contributed by atoms with van der Waals surface area (Å²) < 4.78 is 1.69. The largest absolute Gasteiger partial charge is 0.368 e. The summed E-state index contributed by atoms with van der Waals surface area (Å²) in [5.41, 5.74) is 7.02. The Morgan fingerprint density at radius 3 is 2.55 bits per heavy atom. The molecule has 0 saturated carbocycles. The van der Waals surface area contributed by atoms with Crippen LogP contribution >= 0.6 is 0 Å². The van der Waals surface area contributed by atoms with E-state index in [1.807, 2.05) is 26.8 Å². The van der Waals surface area contributed by atoms with E-state index in [4.69, 9.17) is 5.73 Å². The first kappa shape index (κ1) is 16.2. The van der Waals surface area contributed by atoms with Crippen LogP contribution in [0, 0.1) is 13.8 Å². The molecule has 0 aliphatic carbocycles. The molecule has 112 valence electrons. The molecule has 0 aliphatic heterocycles. The monoisotopic (exact) mass is 280 g/mol. The summed E-state index contributed by atoms with van der Waals surface area (Å²) in [7, 11) is 0. The van der Waals surface area contributed by atoms with Crippen LogP contribution in [0.2, 0.25) is 0 Å². The second-order valence-electron chi connectivity index (χ2n) is 5.13. The fourth-order valence-electron chi connectivity index (χ4n) is 2.21. The minimum atomic E-state index is -0.491. The van der Waals surface area contributed by atoms with Crippen LogP contribution in [0.15, 0.2) is 6.07 Å². The summed E-state index contributed by atoms with van der Waals surface area (Å²) in [6, 6.07) is 1.49. The number of nitrogens with zero attached hydrogens (tertiary/aromatic N) is 3. The Kier molecular flexibility index (Phi) is 5.73. The molecule has 0 radical (unpaired) electrons. The van der Waals surface area contributed by atoms with Crippen molar-refractivity contribution in [1.29, 1.82) is 0 Å². The fourth-order valence-corrected chi connectivity index (χ4v) is 2.21. The molecular formula is C14H24N4O2. The Labute approximate surface area is 119 Å². The third kappa shape index (κ3) is 4.08. The summed E-state index contributed by atoms with van der Waals surface area (Å²) in [5, 5.41) is 4.33. The fraction of sp³-hybridized carbons (Fsp3) is 0.643. The second kappa shape index (κ2) is 7.07. The molecule has 6 heteroatoms. The van der Waals surface area contributed by atoms with Crippen molar-refractivity contribution in [2.75, 3.05) is 13.1 Å². The molecular weight excluding hydrogens is 256 g/mol. The van der Waals surface area contributed by atoms with Crippen molar-refractivity contribution in [1.82, 2.24) is 14.7 Å². The maximum Gasteiger partial charge on any atom is 0.247 e. The number of hydrogen-bond acceptors (Lipinski definition) is 3. The average molecular weight is 280 g/mol. The lowest BCUT2D eigenvalue weighted by molar-refractivity contribution is -0.138. The summed E-state index contributed by atoms with van der Waals surface area (Å²) >= 11 is 0. The van der Waals surface area contributed by atoms with Gasteiger partial charge in [-0.3, -0.25) is 14.3 Å². The Balaban J connectivity index is 2.87. The number of rotatable bonds is 7. The van der Waals surface area contributed by atoms with Gasteiger partial charge in [-0.25, -0.2) is 0 Å². The Bertz CT molecular complexity index is 482. The van der Waals surface area contributed by atoms with E-state index in [2.05, 4.69) is 5.10 Å². The molecule has 0 saturated heterocycles. The van der Waals surface area contributed by atoms with E-state index in [0.717, 1.165) is 24.2 Å². The average Bonchev–Trinajstić information content (AvgIpc) is 2.71. The molecule has 1 aromatic heterocycles. The maximum absolute atomic E-state index is 12.5. The minimum Gasteiger partial charge on any atom is -0.368 e. The molecule has 0 aliphatic rings. The molecule has 0 bridgehead atoms. The molecule has 1 unspecified atom stereocenters. The molecule has 0 spiro atoms. The molecule has 1 heterocycles. The van der Waals surface area contributed by atoms with Gasteiger partial charge in [-0.1, -0.05) is 13.3 Å². The number of unbranched alkanes of at least 4 members (excludes halogenated alkanes) is 1. The normalized spacial score (nSPS) is 12.2. The van der Waals surface area contributed by atoms with Crippen molar-refractivity contribution >= 4 is 11.8 Å². The van der Waals surface area contributed by atoms with Gasteiger partial charge in [0.25, 0.3) is 0 Å². The minimum absolute atomic E-state index is 0.0392. The number of nitrogens with two attached hydrogens (primary N) is 1. The zero-order chi connectivity index (χ0) is 15.3. The maximum atomic E-state index is 12.5. The van der Waals surface area contributed by atoms with Crippen molar-refractivity contribution in [3.63, 3.8) is 0 Å². The second-order valence-corrected chi connectivity index (χ2v) is 5.13. The number of carbonyl (C=O) groups excluding carboxylic acids is 2. The molecule has 1 atom stereocenters. The molecule has 20 heavy (non-hydrogen) atoms. The van der Waals surface area contributed by atoms with E-state index < -0.39 is 11.9 Å². The molecule has 1 rings (SSSR count). The first-order valence-corrected chi connectivity index (χ1v) is 6.96. The van der Waals surface area contributed by atoms with E-state index in [1.54, 1.807) is 11.6 Å². The number of aromatic nitrogens is 2. The van der Waals surface area contributed by atoms with Crippen molar-refractivity contribution in [3.05, 3.63) is 17.5 Å². The number of amides is 2. The van der Waals surface area contributed by atoms with E-state index in [-0.39, 0.29) is 12.5 Å². The van der Waals surface area contributed by atoms with Gasteiger partial charge in [0.05, 0.1) is 12.2 Å². The number of hydrogen-bond donors (Lipinski definition) is 1. The highest BCUT2D eigenvalue weighted by Gasteiger charge is 2.24.